The maximum absolute atomic E-state index is 8.67. The summed E-state index contributed by atoms with van der Waals surface area (Å²) in [5.74, 6) is 0.643. The van der Waals surface area contributed by atoms with Crippen LogP contribution in [-0.4, -0.2) is 73.7 Å². The van der Waals surface area contributed by atoms with Crippen molar-refractivity contribution in [3.05, 3.63) is 74.2 Å². The molecule has 214 valence electrons. The van der Waals surface area contributed by atoms with Crippen molar-refractivity contribution in [2.75, 3.05) is 24.6 Å². The SMILES string of the molecule is C[C@@H]1CN(c2nc(=N)n(C=N)c3c2nnn3C[C@H]2CCCO2)[C@@H](C)CN1C(c1ccc(Br)cc1)c1ccc(Br)cc1. The Balaban J connectivity index is 1.36. The zero-order chi connectivity index (χ0) is 28.7. The van der Waals surface area contributed by atoms with E-state index in [1.807, 2.05) is 0 Å². The van der Waals surface area contributed by atoms with Crippen molar-refractivity contribution in [2.24, 2.45) is 0 Å². The fraction of sp³-hybridized carbons (Fsp3) is 0.414. The smallest absolute Gasteiger partial charge is 0.231 e. The Morgan fingerprint density at radius 1 is 1.00 bits per heavy atom. The zero-order valence-electron chi connectivity index (χ0n) is 23.0. The predicted octanol–water partition coefficient (Wildman–Crippen LogP) is 4.96. The van der Waals surface area contributed by atoms with Crippen molar-refractivity contribution in [2.45, 2.75) is 57.5 Å². The van der Waals surface area contributed by atoms with E-state index in [1.165, 1.54) is 15.7 Å². The van der Waals surface area contributed by atoms with E-state index in [4.69, 9.17) is 15.6 Å². The lowest BCUT2D eigenvalue weighted by atomic mass is 9.93. The van der Waals surface area contributed by atoms with E-state index in [0.29, 0.717) is 30.1 Å². The molecule has 3 atom stereocenters. The van der Waals surface area contributed by atoms with Gasteiger partial charge in [-0.3, -0.25) is 20.3 Å². The van der Waals surface area contributed by atoms with E-state index in [9.17, 15) is 0 Å². The monoisotopic (exact) mass is 681 g/mol. The number of halogens is 2. The van der Waals surface area contributed by atoms with Crippen LogP contribution in [0, 0.1) is 10.8 Å². The average molecular weight is 683 g/mol. The van der Waals surface area contributed by atoms with Crippen LogP contribution in [0.4, 0.5) is 5.82 Å². The van der Waals surface area contributed by atoms with Crippen LogP contribution >= 0.6 is 31.9 Å². The van der Waals surface area contributed by atoms with E-state index in [2.05, 4.69) is 119 Å². The second kappa shape index (κ2) is 11.7. The van der Waals surface area contributed by atoms with Crippen molar-refractivity contribution in [1.29, 1.82) is 10.8 Å². The molecule has 2 fully saturated rings. The molecular weight excluding hydrogens is 650 g/mol. The first-order chi connectivity index (χ1) is 19.8. The van der Waals surface area contributed by atoms with Crippen molar-refractivity contribution < 1.29 is 4.74 Å². The highest BCUT2D eigenvalue weighted by molar-refractivity contribution is 9.10. The molecule has 12 heteroatoms. The van der Waals surface area contributed by atoms with Gasteiger partial charge in [0.25, 0.3) is 0 Å². The first kappa shape index (κ1) is 28.2. The first-order valence-electron chi connectivity index (χ1n) is 13.9. The number of fused-ring (bicyclic) bond motifs is 1. The van der Waals surface area contributed by atoms with E-state index >= 15 is 0 Å². The molecule has 0 unspecified atom stereocenters. The number of anilines is 1. The van der Waals surface area contributed by atoms with Gasteiger partial charge in [-0.25, -0.2) is 4.68 Å². The number of aromatic nitrogens is 5. The molecule has 0 aliphatic carbocycles. The number of hydrogen-bond donors (Lipinski definition) is 2. The fourth-order valence-electron chi connectivity index (χ4n) is 6.10. The van der Waals surface area contributed by atoms with Crippen molar-refractivity contribution in [3.63, 3.8) is 0 Å². The van der Waals surface area contributed by atoms with Gasteiger partial charge in [-0.1, -0.05) is 61.3 Å². The molecule has 0 spiro atoms. The van der Waals surface area contributed by atoms with Crippen LogP contribution in [0.1, 0.15) is 43.9 Å². The minimum absolute atomic E-state index is 0.0109. The number of ether oxygens (including phenoxy) is 1. The van der Waals surface area contributed by atoms with E-state index in [-0.39, 0.29) is 29.8 Å². The quantitative estimate of drug-likeness (QED) is 0.211. The van der Waals surface area contributed by atoms with Gasteiger partial charge in [0.15, 0.2) is 17.0 Å². The van der Waals surface area contributed by atoms with Gasteiger partial charge in [0, 0.05) is 40.7 Å². The van der Waals surface area contributed by atoms with E-state index < -0.39 is 0 Å². The van der Waals surface area contributed by atoms with Crippen molar-refractivity contribution in [1.82, 2.24) is 29.4 Å². The summed E-state index contributed by atoms with van der Waals surface area (Å²) in [5, 5.41) is 25.6. The van der Waals surface area contributed by atoms with Gasteiger partial charge in [0.05, 0.1) is 25.0 Å². The van der Waals surface area contributed by atoms with Crippen LogP contribution in [0.3, 0.4) is 0 Å². The van der Waals surface area contributed by atoms with Crippen molar-refractivity contribution >= 4 is 55.2 Å². The summed E-state index contributed by atoms with van der Waals surface area (Å²) >= 11 is 7.18. The Bertz CT molecular complexity index is 1550. The standard InChI is InChI=1S/C29H33Br2N9O/c1-18-15-38(27-25-28(39(17-32)29(33)34-27)40(36-35-25)16-24-4-3-13-41-24)19(2)14-37(18)26(20-5-9-22(30)10-6-20)21-7-11-23(31)12-8-21/h5-12,17-19,24,26,32-33H,3-4,13-16H2,1-2H3/t18-,19+,24-/m1/s1. The lowest BCUT2D eigenvalue weighted by Gasteiger charge is -2.48. The summed E-state index contributed by atoms with van der Waals surface area (Å²) in [6.07, 6.45) is 3.16. The van der Waals surface area contributed by atoms with Gasteiger partial charge in [-0.2, -0.15) is 4.98 Å². The Morgan fingerprint density at radius 2 is 1.66 bits per heavy atom. The molecule has 2 N–H and O–H groups in total. The molecule has 2 aliphatic rings. The number of nitrogens with zero attached hydrogens (tertiary/aromatic N) is 7. The van der Waals surface area contributed by atoms with Crippen LogP contribution < -0.4 is 10.5 Å². The minimum Gasteiger partial charge on any atom is -0.376 e. The molecule has 2 saturated heterocycles. The lowest BCUT2D eigenvalue weighted by Crippen LogP contribution is -2.58. The highest BCUT2D eigenvalue weighted by Crippen LogP contribution is 2.36. The van der Waals surface area contributed by atoms with Gasteiger partial charge in [0.2, 0.25) is 5.62 Å². The maximum Gasteiger partial charge on any atom is 0.231 e. The first-order valence-corrected chi connectivity index (χ1v) is 15.5. The van der Waals surface area contributed by atoms with Crippen LogP contribution in [0.5, 0.6) is 0 Å². The van der Waals surface area contributed by atoms with Crippen LogP contribution in [0.2, 0.25) is 0 Å². The molecule has 6 rings (SSSR count). The van der Waals surface area contributed by atoms with Gasteiger partial charge in [0.1, 0.15) is 0 Å². The van der Waals surface area contributed by atoms with Gasteiger partial charge in [-0.05, 0) is 62.1 Å². The second-order valence-electron chi connectivity index (χ2n) is 10.9. The average Bonchev–Trinajstić information content (AvgIpc) is 3.63. The number of benzene rings is 2. The second-order valence-corrected chi connectivity index (χ2v) is 12.7. The Morgan fingerprint density at radius 3 is 2.24 bits per heavy atom. The molecule has 0 bridgehead atoms. The molecule has 4 heterocycles. The highest BCUT2D eigenvalue weighted by Gasteiger charge is 2.37. The summed E-state index contributed by atoms with van der Waals surface area (Å²) < 4.78 is 11.2. The summed E-state index contributed by atoms with van der Waals surface area (Å²) in [7, 11) is 0. The third-order valence-corrected chi connectivity index (χ3v) is 9.19. The Hall–Kier alpha value is -2.93. The third kappa shape index (κ3) is 5.50. The molecule has 41 heavy (non-hydrogen) atoms. The van der Waals surface area contributed by atoms with Crippen LogP contribution in [0.25, 0.3) is 11.2 Å². The molecule has 10 nitrogen and oxygen atoms in total. The van der Waals surface area contributed by atoms with Gasteiger partial charge in [-0.15, -0.1) is 5.10 Å². The molecule has 0 saturated carbocycles. The molecule has 0 amide bonds. The number of nitrogens with one attached hydrogen (secondary N) is 2. The molecule has 4 aromatic rings. The Kier molecular flexibility index (Phi) is 8.08. The number of hydrogen-bond acceptors (Lipinski definition) is 8. The summed E-state index contributed by atoms with van der Waals surface area (Å²) in [6.45, 7) is 7.23. The summed E-state index contributed by atoms with van der Waals surface area (Å²) in [4.78, 5) is 9.47. The predicted molar refractivity (Wildman–Crippen MR) is 165 cm³/mol. The molecular formula is C29H33Br2N9O. The van der Waals surface area contributed by atoms with Crippen LogP contribution in [-0.2, 0) is 11.3 Å². The lowest BCUT2D eigenvalue weighted by molar-refractivity contribution is 0.0943. The third-order valence-electron chi connectivity index (χ3n) is 8.13. The number of rotatable bonds is 7. The van der Waals surface area contributed by atoms with E-state index in [0.717, 1.165) is 41.3 Å². The normalized spacial score (nSPS) is 21.7. The summed E-state index contributed by atoms with van der Waals surface area (Å²) in [5.41, 5.74) is 3.67. The summed E-state index contributed by atoms with van der Waals surface area (Å²) in [6, 6.07) is 17.5. The van der Waals surface area contributed by atoms with E-state index in [1.54, 1.807) is 4.68 Å². The molecule has 2 aliphatic heterocycles. The largest absolute Gasteiger partial charge is 0.376 e. The van der Waals surface area contributed by atoms with Gasteiger partial charge >= 0.3 is 0 Å². The zero-order valence-corrected chi connectivity index (χ0v) is 26.2. The maximum atomic E-state index is 8.67. The van der Waals surface area contributed by atoms with Gasteiger partial charge < -0.3 is 9.64 Å². The van der Waals surface area contributed by atoms with Crippen LogP contribution in [0.15, 0.2) is 57.5 Å². The van der Waals surface area contributed by atoms with Crippen molar-refractivity contribution in [3.8, 4) is 0 Å². The molecule has 0 radical (unpaired) electrons. The molecule has 2 aromatic carbocycles. The highest BCUT2D eigenvalue weighted by atomic mass is 79.9. The minimum atomic E-state index is -0.0109. The molecule has 2 aromatic heterocycles. The Labute approximate surface area is 255 Å². The number of piperazine rings is 1. The fourth-order valence-corrected chi connectivity index (χ4v) is 6.63. The topological polar surface area (TPSA) is 112 Å².